The van der Waals surface area contributed by atoms with Crippen molar-refractivity contribution in [2.75, 3.05) is 74.6 Å². The van der Waals surface area contributed by atoms with Crippen molar-refractivity contribution >= 4 is 56.7 Å². The Balaban J connectivity index is 0.842. The van der Waals surface area contributed by atoms with Gasteiger partial charge in [0.2, 0.25) is 33.8 Å². The number of urea groups is 1. The molecule has 3 amide bonds. The second kappa shape index (κ2) is 14.6. The molecule has 5 fully saturated rings. The van der Waals surface area contributed by atoms with Crippen LogP contribution >= 0.6 is 11.8 Å². The van der Waals surface area contributed by atoms with Crippen LogP contribution in [0.15, 0.2) is 35.7 Å². The number of amides is 3. The molecular formula is C33H41F2N11O5S2. The SMILES string of the molecule is O=C(CCCC[C@@H]1SC[C@@H]2NC(=O)N[C@@H]21)NC/C=C/S(=O)(=O)N1CC2(CN(c3nc(N4CCOCC4)nc(-n4c(C(F)F)nc5ccccc54)n3)C2)C1. The molecule has 1 aromatic carbocycles. The highest BCUT2D eigenvalue weighted by Crippen LogP contribution is 2.43. The van der Waals surface area contributed by atoms with E-state index in [9.17, 15) is 26.8 Å². The van der Waals surface area contributed by atoms with E-state index in [-0.39, 0.29) is 41.9 Å². The number of aromatic nitrogens is 5. The summed E-state index contributed by atoms with van der Waals surface area (Å²) in [6, 6.07) is 7.05. The third kappa shape index (κ3) is 7.37. The zero-order valence-electron chi connectivity index (χ0n) is 28.9. The van der Waals surface area contributed by atoms with Crippen molar-refractivity contribution < 1.29 is 31.5 Å². The molecule has 0 unspecified atom stereocenters. The Bertz CT molecular complexity index is 2000. The summed E-state index contributed by atoms with van der Waals surface area (Å²) in [6.07, 6.45) is 1.44. The number of rotatable bonds is 13. The Morgan fingerprint density at radius 3 is 2.53 bits per heavy atom. The van der Waals surface area contributed by atoms with Crippen molar-refractivity contribution in [3.8, 4) is 5.95 Å². The first-order chi connectivity index (χ1) is 25.6. The number of halogens is 2. The third-order valence-corrected chi connectivity index (χ3v) is 13.4. The monoisotopic (exact) mass is 773 g/mol. The summed E-state index contributed by atoms with van der Waals surface area (Å²) in [5, 5.41) is 10.2. The second-order valence-corrected chi connectivity index (χ2v) is 17.2. The van der Waals surface area contributed by atoms with Crippen LogP contribution in [-0.2, 0) is 19.6 Å². The van der Waals surface area contributed by atoms with Crippen molar-refractivity contribution in [3.05, 3.63) is 41.6 Å². The van der Waals surface area contributed by atoms with Gasteiger partial charge in [0.1, 0.15) is 0 Å². The van der Waals surface area contributed by atoms with E-state index >= 15 is 0 Å². The maximum Gasteiger partial charge on any atom is 0.315 e. The first kappa shape index (κ1) is 35.9. The minimum atomic E-state index is -3.68. The Kier molecular flexibility index (Phi) is 9.88. The van der Waals surface area contributed by atoms with E-state index in [1.54, 1.807) is 24.3 Å². The van der Waals surface area contributed by atoms with Gasteiger partial charge in [-0.25, -0.2) is 27.0 Å². The number of unbranched alkanes of at least 4 members (excludes halogenated alkanes) is 1. The van der Waals surface area contributed by atoms with Crippen LogP contribution in [0.2, 0.25) is 0 Å². The highest BCUT2D eigenvalue weighted by molar-refractivity contribution is 8.00. The fourth-order valence-corrected chi connectivity index (χ4v) is 10.6. The van der Waals surface area contributed by atoms with Crippen LogP contribution in [0.25, 0.3) is 17.0 Å². The van der Waals surface area contributed by atoms with Gasteiger partial charge in [-0.2, -0.15) is 31.0 Å². The van der Waals surface area contributed by atoms with Crippen molar-refractivity contribution in [1.82, 2.24) is 44.8 Å². The summed E-state index contributed by atoms with van der Waals surface area (Å²) in [7, 11) is -3.68. The largest absolute Gasteiger partial charge is 0.378 e. The van der Waals surface area contributed by atoms with Crippen LogP contribution in [0.4, 0.5) is 25.5 Å². The molecule has 8 rings (SSSR count). The van der Waals surface area contributed by atoms with E-state index in [4.69, 9.17) is 9.72 Å². The molecule has 0 bridgehead atoms. The Labute approximate surface area is 309 Å². The number of hydrogen-bond donors (Lipinski definition) is 3. The van der Waals surface area contributed by atoms with Gasteiger partial charge in [0.25, 0.3) is 6.43 Å². The zero-order chi connectivity index (χ0) is 36.7. The molecule has 53 heavy (non-hydrogen) atoms. The number of fused-ring (bicyclic) bond motifs is 2. The molecule has 5 saturated heterocycles. The van der Waals surface area contributed by atoms with Crippen LogP contribution < -0.4 is 25.8 Å². The van der Waals surface area contributed by atoms with E-state index in [0.29, 0.717) is 93.5 Å². The van der Waals surface area contributed by atoms with Gasteiger partial charge < -0.3 is 30.5 Å². The predicted molar refractivity (Wildman–Crippen MR) is 194 cm³/mol. The van der Waals surface area contributed by atoms with Gasteiger partial charge in [-0.05, 0) is 25.0 Å². The van der Waals surface area contributed by atoms with Crippen molar-refractivity contribution in [3.63, 3.8) is 0 Å². The van der Waals surface area contributed by atoms with Gasteiger partial charge >= 0.3 is 6.03 Å². The number of imidazole rings is 1. The fraction of sp³-hybridized carbons (Fsp3) is 0.576. The molecule has 7 heterocycles. The molecule has 5 aliphatic heterocycles. The van der Waals surface area contributed by atoms with Crippen molar-refractivity contribution in [1.29, 1.82) is 0 Å². The normalized spacial score (nSPS) is 24.1. The number of thioether (sulfide) groups is 1. The molecule has 3 atom stereocenters. The molecule has 0 aliphatic carbocycles. The highest BCUT2D eigenvalue weighted by Gasteiger charge is 2.55. The smallest absolute Gasteiger partial charge is 0.315 e. The molecular weight excluding hydrogens is 733 g/mol. The number of morpholine rings is 1. The number of sulfonamides is 1. The van der Waals surface area contributed by atoms with E-state index in [1.807, 2.05) is 21.6 Å². The van der Waals surface area contributed by atoms with Gasteiger partial charge in [0.15, 0.2) is 5.82 Å². The number of alkyl halides is 2. The average Bonchev–Trinajstić information content (AvgIpc) is 3.80. The number of para-hydroxylation sites is 2. The fourth-order valence-electron chi connectivity index (χ4n) is 7.67. The molecule has 0 radical (unpaired) electrons. The second-order valence-electron chi connectivity index (χ2n) is 14.1. The number of nitrogens with one attached hydrogen (secondary N) is 3. The quantitative estimate of drug-likeness (QED) is 0.170. The molecule has 2 aromatic heterocycles. The van der Waals surface area contributed by atoms with Crippen LogP contribution in [0.3, 0.4) is 0 Å². The summed E-state index contributed by atoms with van der Waals surface area (Å²) in [5.41, 5.74) is 0.567. The minimum absolute atomic E-state index is 0.0377. The lowest BCUT2D eigenvalue weighted by molar-refractivity contribution is -0.121. The number of benzene rings is 1. The van der Waals surface area contributed by atoms with Crippen LogP contribution in [0.1, 0.15) is 37.9 Å². The number of hydrogen-bond acceptors (Lipinski definition) is 12. The number of ether oxygens (including phenoxy) is 1. The molecule has 3 aromatic rings. The van der Waals surface area contributed by atoms with Crippen LogP contribution in [0.5, 0.6) is 0 Å². The average molecular weight is 774 g/mol. The maximum absolute atomic E-state index is 14.2. The topological polar surface area (TPSA) is 180 Å². The minimum Gasteiger partial charge on any atom is -0.378 e. The molecule has 3 N–H and O–H groups in total. The van der Waals surface area contributed by atoms with E-state index in [0.717, 1.165) is 24.0 Å². The summed E-state index contributed by atoms with van der Waals surface area (Å²) in [4.78, 5) is 45.9. The molecule has 0 saturated carbocycles. The maximum atomic E-state index is 14.2. The van der Waals surface area contributed by atoms with Crippen LogP contribution in [-0.4, -0.2) is 131 Å². The number of nitrogens with zero attached hydrogens (tertiary/aromatic N) is 8. The Morgan fingerprint density at radius 1 is 1.02 bits per heavy atom. The van der Waals surface area contributed by atoms with Crippen LogP contribution in [0, 0.1) is 5.41 Å². The lowest BCUT2D eigenvalue weighted by atomic mass is 9.74. The molecule has 20 heteroatoms. The van der Waals surface area contributed by atoms with Gasteiger partial charge in [0, 0.05) is 74.1 Å². The summed E-state index contributed by atoms with van der Waals surface area (Å²) in [5.74, 6) is 1.01. The van der Waals surface area contributed by atoms with E-state index in [2.05, 4.69) is 30.9 Å². The van der Waals surface area contributed by atoms with Crippen molar-refractivity contribution in [2.45, 2.75) is 49.4 Å². The van der Waals surface area contributed by atoms with Crippen molar-refractivity contribution in [2.24, 2.45) is 5.41 Å². The van der Waals surface area contributed by atoms with E-state index in [1.165, 1.54) is 14.9 Å². The Morgan fingerprint density at radius 2 is 1.75 bits per heavy atom. The lowest BCUT2D eigenvalue weighted by Gasteiger charge is -2.59. The molecule has 5 aliphatic rings. The summed E-state index contributed by atoms with van der Waals surface area (Å²) in [6.45, 7) is 3.75. The molecule has 284 valence electrons. The number of carbonyl (C=O) groups is 2. The summed E-state index contributed by atoms with van der Waals surface area (Å²) < 4.78 is 62.7. The van der Waals surface area contributed by atoms with Gasteiger partial charge in [0.05, 0.1) is 36.3 Å². The molecule has 1 spiro atoms. The lowest BCUT2D eigenvalue weighted by Crippen LogP contribution is -2.73. The predicted octanol–water partition coefficient (Wildman–Crippen LogP) is 1.79. The third-order valence-electron chi connectivity index (χ3n) is 10.4. The standard InChI is InChI=1S/C33H41F2N11O5S2/c34-27(35)28-37-21-6-1-2-7-23(21)46(28)31-41-29(43-11-13-51-14-12-43)40-30(42-31)44-17-33(18-44)19-45(20-33)53(49,50)15-5-10-36-25(47)9-4-3-8-24-26-22(16-52-24)38-32(48)39-26/h1-2,5-7,15,22,24,26-27H,3-4,8-14,16-20H2,(H,36,47)(H2,38,39,48)/b15-5+/t22-,24-,26-/m0/s1. The van der Waals surface area contributed by atoms with Gasteiger partial charge in [-0.1, -0.05) is 24.6 Å². The first-order valence-electron chi connectivity index (χ1n) is 17.8. The van der Waals surface area contributed by atoms with Gasteiger partial charge in [-0.3, -0.25) is 9.36 Å². The number of anilines is 2. The highest BCUT2D eigenvalue weighted by atomic mass is 32.2. The Hall–Kier alpha value is -4.14. The number of carbonyl (C=O) groups excluding carboxylic acids is 2. The van der Waals surface area contributed by atoms with E-state index < -0.39 is 22.3 Å². The summed E-state index contributed by atoms with van der Waals surface area (Å²) >= 11 is 1.85. The zero-order valence-corrected chi connectivity index (χ0v) is 30.5. The molecule has 16 nitrogen and oxygen atoms in total. The van der Waals surface area contributed by atoms with Gasteiger partial charge in [-0.15, -0.1) is 0 Å². The first-order valence-corrected chi connectivity index (χ1v) is 20.3.